The van der Waals surface area contributed by atoms with Crippen molar-refractivity contribution in [2.45, 2.75) is 46.1 Å². The molecule has 4 nitrogen and oxygen atoms in total. The summed E-state index contributed by atoms with van der Waals surface area (Å²) in [4.78, 5) is 11.8. The third-order valence-corrected chi connectivity index (χ3v) is 3.07. The summed E-state index contributed by atoms with van der Waals surface area (Å²) < 4.78 is 5.38. The molecule has 21 heavy (non-hydrogen) atoms. The Labute approximate surface area is 127 Å². The number of nitriles is 1. The van der Waals surface area contributed by atoms with Gasteiger partial charge in [-0.3, -0.25) is 4.79 Å². The maximum absolute atomic E-state index is 11.8. The predicted molar refractivity (Wildman–Crippen MR) is 82.9 cm³/mol. The monoisotopic (exact) mass is 288 g/mol. The van der Waals surface area contributed by atoms with E-state index in [-0.39, 0.29) is 5.91 Å². The summed E-state index contributed by atoms with van der Waals surface area (Å²) >= 11 is 0. The van der Waals surface area contributed by atoms with Gasteiger partial charge < -0.3 is 10.1 Å². The Bertz CT molecular complexity index is 475. The average molecular weight is 288 g/mol. The molecule has 0 fully saturated rings. The van der Waals surface area contributed by atoms with E-state index in [1.807, 2.05) is 45.0 Å². The number of carbonyl (C=O) groups is 1. The molecule has 1 aromatic rings. The lowest BCUT2D eigenvalue weighted by Gasteiger charge is -2.13. The highest BCUT2D eigenvalue weighted by Crippen LogP contribution is 2.13. The van der Waals surface area contributed by atoms with Crippen LogP contribution in [0, 0.1) is 17.2 Å². The van der Waals surface area contributed by atoms with Crippen LogP contribution in [0.3, 0.4) is 0 Å². The van der Waals surface area contributed by atoms with E-state index in [4.69, 9.17) is 10.00 Å². The van der Waals surface area contributed by atoms with Gasteiger partial charge in [0.2, 0.25) is 5.91 Å². The number of ether oxygens (including phenoxy) is 1. The van der Waals surface area contributed by atoms with E-state index in [0.717, 1.165) is 11.3 Å². The molecule has 1 N–H and O–H groups in total. The van der Waals surface area contributed by atoms with Crippen LogP contribution in [0.1, 0.15) is 39.2 Å². The van der Waals surface area contributed by atoms with E-state index >= 15 is 0 Å². The standard InChI is InChI=1S/C17H24N2O2/c1-4-21-16-8-5-14(6-9-16)7-10-17(20)19-15(12-18)11-13(2)3/h5-6,8-9,13,15H,4,7,10-11H2,1-3H3,(H,19,20)/t15-/m1/s1. The van der Waals surface area contributed by atoms with Gasteiger partial charge in [0.1, 0.15) is 11.8 Å². The molecular weight excluding hydrogens is 264 g/mol. The van der Waals surface area contributed by atoms with Crippen molar-refractivity contribution < 1.29 is 9.53 Å². The normalized spacial score (nSPS) is 11.8. The molecule has 1 atom stereocenters. The van der Waals surface area contributed by atoms with Gasteiger partial charge in [-0.05, 0) is 43.4 Å². The predicted octanol–water partition coefficient (Wildman–Crippen LogP) is 3.07. The van der Waals surface area contributed by atoms with Crippen LogP contribution in [0.4, 0.5) is 0 Å². The second-order valence-corrected chi connectivity index (χ2v) is 5.46. The minimum absolute atomic E-state index is 0.0731. The van der Waals surface area contributed by atoms with Gasteiger partial charge in [0.05, 0.1) is 12.7 Å². The Morgan fingerprint density at radius 3 is 2.52 bits per heavy atom. The van der Waals surface area contributed by atoms with Gasteiger partial charge in [0.15, 0.2) is 0 Å². The number of nitrogens with one attached hydrogen (secondary N) is 1. The Hall–Kier alpha value is -2.02. The summed E-state index contributed by atoms with van der Waals surface area (Å²) in [6.45, 7) is 6.67. The molecule has 0 heterocycles. The minimum Gasteiger partial charge on any atom is -0.494 e. The van der Waals surface area contributed by atoms with Gasteiger partial charge in [-0.15, -0.1) is 0 Å². The molecule has 0 unspecified atom stereocenters. The van der Waals surface area contributed by atoms with E-state index in [1.54, 1.807) is 0 Å². The Balaban J connectivity index is 2.40. The molecule has 114 valence electrons. The Morgan fingerprint density at radius 2 is 2.00 bits per heavy atom. The molecule has 0 spiro atoms. The number of carbonyl (C=O) groups excluding carboxylic acids is 1. The summed E-state index contributed by atoms with van der Waals surface area (Å²) in [5.41, 5.74) is 1.09. The molecule has 1 rings (SSSR count). The SMILES string of the molecule is CCOc1ccc(CCC(=O)N[C@@H](C#N)CC(C)C)cc1. The van der Waals surface area contributed by atoms with Crippen LogP contribution in [-0.4, -0.2) is 18.6 Å². The molecule has 0 radical (unpaired) electrons. The molecule has 1 aromatic carbocycles. The zero-order valence-corrected chi connectivity index (χ0v) is 13.1. The van der Waals surface area contributed by atoms with Gasteiger partial charge >= 0.3 is 0 Å². The van der Waals surface area contributed by atoms with Crippen LogP contribution in [0.15, 0.2) is 24.3 Å². The second kappa shape index (κ2) is 9.02. The summed E-state index contributed by atoms with van der Waals surface area (Å²) in [5.74, 6) is 1.16. The zero-order valence-electron chi connectivity index (χ0n) is 13.1. The molecule has 4 heteroatoms. The lowest BCUT2D eigenvalue weighted by atomic mass is 10.0. The van der Waals surface area contributed by atoms with E-state index in [0.29, 0.717) is 31.8 Å². The van der Waals surface area contributed by atoms with Crippen molar-refractivity contribution in [2.24, 2.45) is 5.92 Å². The molecule has 0 saturated carbocycles. The average Bonchev–Trinajstić information content (AvgIpc) is 2.45. The first-order valence-corrected chi connectivity index (χ1v) is 7.45. The molecule has 0 aliphatic carbocycles. The lowest BCUT2D eigenvalue weighted by Crippen LogP contribution is -2.34. The van der Waals surface area contributed by atoms with Gasteiger partial charge in [0.25, 0.3) is 0 Å². The van der Waals surface area contributed by atoms with Crippen LogP contribution in [0.2, 0.25) is 0 Å². The van der Waals surface area contributed by atoms with Crippen molar-refractivity contribution in [3.63, 3.8) is 0 Å². The topological polar surface area (TPSA) is 62.1 Å². The van der Waals surface area contributed by atoms with Gasteiger partial charge in [-0.2, -0.15) is 5.26 Å². The van der Waals surface area contributed by atoms with Crippen molar-refractivity contribution in [3.05, 3.63) is 29.8 Å². The van der Waals surface area contributed by atoms with Crippen LogP contribution in [-0.2, 0) is 11.2 Å². The lowest BCUT2D eigenvalue weighted by molar-refractivity contribution is -0.121. The van der Waals surface area contributed by atoms with Crippen LogP contribution < -0.4 is 10.1 Å². The molecular formula is C17H24N2O2. The fraction of sp³-hybridized carbons (Fsp3) is 0.529. The summed E-state index contributed by atoms with van der Waals surface area (Å²) in [6, 6.07) is 9.50. The van der Waals surface area contributed by atoms with Crippen molar-refractivity contribution in [1.82, 2.24) is 5.32 Å². The summed E-state index contributed by atoms with van der Waals surface area (Å²) in [5, 5.41) is 11.8. The van der Waals surface area contributed by atoms with Crippen LogP contribution in [0.5, 0.6) is 5.75 Å². The molecule has 0 aromatic heterocycles. The highest BCUT2D eigenvalue weighted by molar-refractivity contribution is 5.76. The van der Waals surface area contributed by atoms with Crippen molar-refractivity contribution in [2.75, 3.05) is 6.61 Å². The molecule has 0 bridgehead atoms. The van der Waals surface area contributed by atoms with Crippen molar-refractivity contribution in [3.8, 4) is 11.8 Å². The third kappa shape index (κ3) is 6.80. The number of aryl methyl sites for hydroxylation is 1. The minimum atomic E-state index is -0.391. The first-order valence-electron chi connectivity index (χ1n) is 7.45. The quantitative estimate of drug-likeness (QED) is 0.799. The van der Waals surface area contributed by atoms with E-state index in [2.05, 4.69) is 11.4 Å². The molecule has 0 saturated heterocycles. The van der Waals surface area contributed by atoms with E-state index in [1.165, 1.54) is 0 Å². The molecule has 0 aliphatic rings. The summed E-state index contributed by atoms with van der Waals surface area (Å²) in [7, 11) is 0. The maximum atomic E-state index is 11.8. The highest BCUT2D eigenvalue weighted by atomic mass is 16.5. The smallest absolute Gasteiger partial charge is 0.221 e. The Morgan fingerprint density at radius 1 is 1.33 bits per heavy atom. The van der Waals surface area contributed by atoms with E-state index < -0.39 is 6.04 Å². The fourth-order valence-corrected chi connectivity index (χ4v) is 2.06. The number of amides is 1. The number of rotatable bonds is 8. The second-order valence-electron chi connectivity index (χ2n) is 5.46. The zero-order chi connectivity index (χ0) is 15.7. The van der Waals surface area contributed by atoms with E-state index in [9.17, 15) is 4.79 Å². The number of nitrogens with zero attached hydrogens (tertiary/aromatic N) is 1. The summed E-state index contributed by atoms with van der Waals surface area (Å²) in [6.07, 6.45) is 1.74. The third-order valence-electron chi connectivity index (χ3n) is 3.07. The van der Waals surface area contributed by atoms with Crippen molar-refractivity contribution in [1.29, 1.82) is 5.26 Å². The first-order chi connectivity index (χ1) is 10.0. The number of benzene rings is 1. The Kier molecular flexibility index (Phi) is 7.31. The van der Waals surface area contributed by atoms with Crippen LogP contribution in [0.25, 0.3) is 0 Å². The van der Waals surface area contributed by atoms with Crippen molar-refractivity contribution >= 4 is 5.91 Å². The van der Waals surface area contributed by atoms with Crippen LogP contribution >= 0.6 is 0 Å². The number of hydrogen-bond donors (Lipinski definition) is 1. The largest absolute Gasteiger partial charge is 0.494 e. The van der Waals surface area contributed by atoms with Gasteiger partial charge in [-0.1, -0.05) is 26.0 Å². The first kappa shape index (κ1) is 17.0. The molecule has 1 amide bonds. The maximum Gasteiger partial charge on any atom is 0.221 e. The highest BCUT2D eigenvalue weighted by Gasteiger charge is 2.12. The van der Waals surface area contributed by atoms with Gasteiger partial charge in [-0.25, -0.2) is 0 Å². The molecule has 0 aliphatic heterocycles. The fourth-order valence-electron chi connectivity index (χ4n) is 2.06. The van der Waals surface area contributed by atoms with Gasteiger partial charge in [0, 0.05) is 6.42 Å². The number of hydrogen-bond acceptors (Lipinski definition) is 3.